The van der Waals surface area contributed by atoms with Crippen LogP contribution in [0, 0.1) is 11.8 Å². The molecule has 0 saturated carbocycles. The van der Waals surface area contributed by atoms with Gasteiger partial charge in [0, 0.05) is 30.5 Å². The first-order valence-electron chi connectivity index (χ1n) is 11.6. The SMILES string of the molecule is CCCO[C@H]1OC(=O)C[C@@H]1NC(=O)[C@@H](CC(=O)NCCc1cccc2ncccc12)C(C)C. The normalized spacial score (nSPS) is 18.8. The van der Waals surface area contributed by atoms with Crippen LogP contribution in [-0.2, 0) is 30.3 Å². The van der Waals surface area contributed by atoms with Crippen molar-refractivity contribution in [2.75, 3.05) is 13.2 Å². The zero-order chi connectivity index (χ0) is 23.8. The summed E-state index contributed by atoms with van der Waals surface area (Å²) in [5.41, 5.74) is 2.04. The molecule has 0 spiro atoms. The highest BCUT2D eigenvalue weighted by Gasteiger charge is 2.38. The number of fused-ring (bicyclic) bond motifs is 1. The van der Waals surface area contributed by atoms with E-state index in [1.165, 1.54) is 0 Å². The lowest BCUT2D eigenvalue weighted by Gasteiger charge is -2.24. The summed E-state index contributed by atoms with van der Waals surface area (Å²) in [6.07, 6.45) is 2.57. The number of carbonyl (C=O) groups excluding carboxylic acids is 3. The van der Waals surface area contributed by atoms with E-state index in [9.17, 15) is 14.4 Å². The Morgan fingerprint density at radius 2 is 2.06 bits per heavy atom. The van der Waals surface area contributed by atoms with E-state index in [0.29, 0.717) is 19.6 Å². The minimum Gasteiger partial charge on any atom is -0.433 e. The fourth-order valence-corrected chi connectivity index (χ4v) is 3.95. The molecule has 0 unspecified atom stereocenters. The molecule has 3 rings (SSSR count). The third-order valence-corrected chi connectivity index (χ3v) is 5.78. The minimum atomic E-state index is -0.779. The number of aromatic nitrogens is 1. The lowest BCUT2D eigenvalue weighted by atomic mass is 9.91. The first kappa shape index (κ1) is 24.6. The van der Waals surface area contributed by atoms with E-state index < -0.39 is 24.2 Å². The van der Waals surface area contributed by atoms with Crippen LogP contribution >= 0.6 is 0 Å². The van der Waals surface area contributed by atoms with E-state index >= 15 is 0 Å². The largest absolute Gasteiger partial charge is 0.433 e. The molecule has 1 saturated heterocycles. The zero-order valence-corrected chi connectivity index (χ0v) is 19.5. The molecule has 1 fully saturated rings. The average Bonchev–Trinajstić information content (AvgIpc) is 3.14. The van der Waals surface area contributed by atoms with Gasteiger partial charge in [0.15, 0.2) is 0 Å². The van der Waals surface area contributed by atoms with Crippen molar-refractivity contribution in [1.29, 1.82) is 0 Å². The average molecular weight is 456 g/mol. The van der Waals surface area contributed by atoms with Gasteiger partial charge in [-0.15, -0.1) is 0 Å². The second-order valence-electron chi connectivity index (χ2n) is 8.69. The summed E-state index contributed by atoms with van der Waals surface area (Å²) < 4.78 is 10.7. The zero-order valence-electron chi connectivity index (χ0n) is 19.5. The van der Waals surface area contributed by atoms with Gasteiger partial charge in [-0.2, -0.15) is 0 Å². The van der Waals surface area contributed by atoms with Crippen molar-refractivity contribution in [2.24, 2.45) is 11.8 Å². The number of hydrogen-bond donors (Lipinski definition) is 2. The first-order chi connectivity index (χ1) is 15.9. The molecular formula is C25H33N3O5. The Bertz CT molecular complexity index is 972. The van der Waals surface area contributed by atoms with Gasteiger partial charge in [0.2, 0.25) is 18.1 Å². The fraction of sp³-hybridized carbons (Fsp3) is 0.520. The molecule has 0 radical (unpaired) electrons. The smallest absolute Gasteiger partial charge is 0.310 e. The van der Waals surface area contributed by atoms with Gasteiger partial charge in [-0.25, -0.2) is 0 Å². The van der Waals surface area contributed by atoms with E-state index in [4.69, 9.17) is 9.47 Å². The Morgan fingerprint density at radius 3 is 2.82 bits per heavy atom. The molecule has 2 aromatic rings. The van der Waals surface area contributed by atoms with E-state index in [0.717, 1.165) is 22.9 Å². The van der Waals surface area contributed by atoms with Crippen LogP contribution in [0.2, 0.25) is 0 Å². The van der Waals surface area contributed by atoms with Crippen LogP contribution in [0.3, 0.4) is 0 Å². The van der Waals surface area contributed by atoms with Gasteiger partial charge in [-0.3, -0.25) is 19.4 Å². The summed E-state index contributed by atoms with van der Waals surface area (Å²) in [6.45, 7) is 6.67. The molecule has 1 aromatic heterocycles. The Morgan fingerprint density at radius 1 is 1.24 bits per heavy atom. The summed E-state index contributed by atoms with van der Waals surface area (Å²) in [4.78, 5) is 41.6. The van der Waals surface area contributed by atoms with E-state index in [1.807, 2.05) is 51.1 Å². The van der Waals surface area contributed by atoms with Crippen molar-refractivity contribution in [2.45, 2.75) is 58.8 Å². The molecule has 3 atom stereocenters. The number of ether oxygens (including phenoxy) is 2. The van der Waals surface area contributed by atoms with Gasteiger partial charge in [0.25, 0.3) is 0 Å². The van der Waals surface area contributed by atoms with E-state index in [1.54, 1.807) is 6.20 Å². The van der Waals surface area contributed by atoms with Gasteiger partial charge in [0.1, 0.15) is 6.04 Å². The highest BCUT2D eigenvalue weighted by atomic mass is 16.7. The standard InChI is InChI=1S/C25H33N3O5/c1-4-13-32-25-21(15-23(30)33-25)28-24(31)19(16(2)3)14-22(29)27-12-10-17-7-5-9-20-18(17)8-6-11-26-20/h5-9,11,16,19,21,25H,4,10,12-15H2,1-3H3,(H,27,29)(H,28,31)/t19-,21-,25-/m0/s1. The van der Waals surface area contributed by atoms with Crippen LogP contribution in [0.5, 0.6) is 0 Å². The molecule has 1 aliphatic heterocycles. The van der Waals surface area contributed by atoms with Crippen molar-refractivity contribution in [3.05, 3.63) is 42.1 Å². The molecule has 8 nitrogen and oxygen atoms in total. The molecule has 0 bridgehead atoms. The van der Waals surface area contributed by atoms with Crippen LogP contribution in [-0.4, -0.2) is 48.3 Å². The molecule has 178 valence electrons. The van der Waals surface area contributed by atoms with Crippen molar-refractivity contribution < 1.29 is 23.9 Å². The van der Waals surface area contributed by atoms with Gasteiger partial charge < -0.3 is 20.1 Å². The second kappa shape index (κ2) is 11.7. The predicted octanol–water partition coefficient (Wildman–Crippen LogP) is 2.74. The molecule has 2 amide bonds. The van der Waals surface area contributed by atoms with Crippen molar-refractivity contribution in [3.8, 4) is 0 Å². The molecular weight excluding hydrogens is 422 g/mol. The lowest BCUT2D eigenvalue weighted by molar-refractivity contribution is -0.165. The summed E-state index contributed by atoms with van der Waals surface area (Å²) in [6, 6.07) is 9.33. The van der Waals surface area contributed by atoms with E-state index in [2.05, 4.69) is 15.6 Å². The third kappa shape index (κ3) is 6.74. The Hall–Kier alpha value is -3.00. The number of nitrogens with zero attached hydrogens (tertiary/aromatic N) is 1. The van der Waals surface area contributed by atoms with Crippen LogP contribution in [0.25, 0.3) is 10.9 Å². The maximum absolute atomic E-state index is 12.9. The van der Waals surface area contributed by atoms with Gasteiger partial charge in [-0.05, 0) is 36.5 Å². The number of pyridine rings is 1. The third-order valence-electron chi connectivity index (χ3n) is 5.78. The Kier molecular flexibility index (Phi) is 8.77. The van der Waals surface area contributed by atoms with Crippen LogP contribution in [0.15, 0.2) is 36.5 Å². The maximum atomic E-state index is 12.9. The number of cyclic esters (lactones) is 1. The number of rotatable bonds is 11. The summed E-state index contributed by atoms with van der Waals surface area (Å²) >= 11 is 0. The number of hydrogen-bond acceptors (Lipinski definition) is 6. The summed E-state index contributed by atoms with van der Waals surface area (Å²) in [5.74, 6) is -1.42. The lowest BCUT2D eigenvalue weighted by Crippen LogP contribution is -2.46. The molecule has 1 aliphatic rings. The number of amides is 2. The quantitative estimate of drug-likeness (QED) is 0.505. The molecule has 33 heavy (non-hydrogen) atoms. The molecule has 2 N–H and O–H groups in total. The first-order valence-corrected chi connectivity index (χ1v) is 11.6. The highest BCUT2D eigenvalue weighted by Crippen LogP contribution is 2.21. The van der Waals surface area contributed by atoms with Crippen molar-refractivity contribution >= 4 is 28.7 Å². The summed E-state index contributed by atoms with van der Waals surface area (Å²) in [5, 5.41) is 6.86. The second-order valence-corrected chi connectivity index (χ2v) is 8.69. The number of benzene rings is 1. The highest BCUT2D eigenvalue weighted by molar-refractivity contribution is 5.87. The van der Waals surface area contributed by atoms with Crippen molar-refractivity contribution in [1.82, 2.24) is 15.6 Å². The molecule has 8 heteroatoms. The van der Waals surface area contributed by atoms with Gasteiger partial charge >= 0.3 is 5.97 Å². The van der Waals surface area contributed by atoms with E-state index in [-0.39, 0.29) is 30.6 Å². The number of nitrogens with one attached hydrogen (secondary N) is 2. The molecule has 2 heterocycles. The monoisotopic (exact) mass is 455 g/mol. The van der Waals surface area contributed by atoms with Crippen LogP contribution in [0.1, 0.15) is 45.6 Å². The van der Waals surface area contributed by atoms with Crippen LogP contribution in [0.4, 0.5) is 0 Å². The predicted molar refractivity (Wildman–Crippen MR) is 124 cm³/mol. The molecule has 0 aliphatic carbocycles. The fourth-order valence-electron chi connectivity index (χ4n) is 3.95. The Labute approximate surface area is 194 Å². The molecule has 1 aromatic carbocycles. The van der Waals surface area contributed by atoms with Gasteiger partial charge in [0.05, 0.1) is 18.5 Å². The summed E-state index contributed by atoms with van der Waals surface area (Å²) in [7, 11) is 0. The number of carbonyl (C=O) groups is 3. The topological polar surface area (TPSA) is 107 Å². The Balaban J connectivity index is 1.52. The van der Waals surface area contributed by atoms with Gasteiger partial charge in [-0.1, -0.05) is 39.0 Å². The van der Waals surface area contributed by atoms with Crippen LogP contribution < -0.4 is 10.6 Å². The maximum Gasteiger partial charge on any atom is 0.310 e. The van der Waals surface area contributed by atoms with Crippen molar-refractivity contribution in [3.63, 3.8) is 0 Å². The number of esters is 1. The minimum absolute atomic E-state index is 0.0482.